The van der Waals surface area contributed by atoms with E-state index < -0.39 is 10.0 Å². The topological polar surface area (TPSA) is 114 Å². The maximum Gasteiger partial charge on any atom is 0.241 e. The predicted octanol–water partition coefficient (Wildman–Crippen LogP) is 4.11. The lowest BCUT2D eigenvalue weighted by Crippen LogP contribution is -2.23. The Hall–Kier alpha value is -2.73. The van der Waals surface area contributed by atoms with Gasteiger partial charge in [-0.15, -0.1) is 11.3 Å². The first-order valence-electron chi connectivity index (χ1n) is 9.59. The third-order valence-corrected chi connectivity index (χ3v) is 8.22. The summed E-state index contributed by atoms with van der Waals surface area (Å²) in [5.74, 6) is 0.378. The molecule has 1 amide bonds. The van der Waals surface area contributed by atoms with Crippen LogP contribution in [-0.2, 0) is 21.4 Å². The van der Waals surface area contributed by atoms with Gasteiger partial charge >= 0.3 is 0 Å². The highest BCUT2D eigenvalue weighted by molar-refractivity contribution is 8.00. The van der Waals surface area contributed by atoms with Gasteiger partial charge in [-0.3, -0.25) is 4.79 Å². The lowest BCUT2D eigenvalue weighted by Gasteiger charge is -2.09. The summed E-state index contributed by atoms with van der Waals surface area (Å²) in [5.41, 5.74) is 1.51. The fourth-order valence-corrected chi connectivity index (χ4v) is 5.95. The van der Waals surface area contributed by atoms with Gasteiger partial charge in [0.25, 0.3) is 0 Å². The number of anilines is 1. The SMILES string of the molecule is Cc1sc2ncnc(SCC(=O)Nc3cccc(S(=O)(=O)NCc4ccco4)c3)c2c1C. The fourth-order valence-electron chi connectivity index (χ4n) is 2.99. The number of sulfonamides is 1. The molecule has 2 N–H and O–H groups in total. The molecule has 0 spiro atoms. The number of fused-ring (bicyclic) bond motifs is 1. The number of hydrogen-bond acceptors (Lipinski definition) is 8. The monoisotopic (exact) mass is 488 g/mol. The minimum Gasteiger partial charge on any atom is -0.468 e. The van der Waals surface area contributed by atoms with Crippen LogP contribution in [0.1, 0.15) is 16.2 Å². The third kappa shape index (κ3) is 5.01. The number of aryl methyl sites for hydroxylation is 2. The highest BCUT2D eigenvalue weighted by Crippen LogP contribution is 2.34. The van der Waals surface area contributed by atoms with E-state index in [0.29, 0.717) is 11.4 Å². The second-order valence-electron chi connectivity index (χ2n) is 6.91. The first kappa shape index (κ1) is 22.5. The van der Waals surface area contributed by atoms with E-state index in [9.17, 15) is 13.2 Å². The van der Waals surface area contributed by atoms with Crippen molar-refractivity contribution in [3.63, 3.8) is 0 Å². The van der Waals surface area contributed by atoms with Crippen molar-refractivity contribution >= 4 is 54.9 Å². The number of thiophene rings is 1. The number of nitrogens with zero attached hydrogens (tertiary/aromatic N) is 2. The van der Waals surface area contributed by atoms with Gasteiger partial charge in [-0.1, -0.05) is 17.8 Å². The molecule has 3 heterocycles. The quantitative estimate of drug-likeness (QED) is 0.283. The van der Waals surface area contributed by atoms with Crippen LogP contribution in [0, 0.1) is 13.8 Å². The molecular formula is C21H20N4O4S3. The Balaban J connectivity index is 1.41. The summed E-state index contributed by atoms with van der Waals surface area (Å²) in [6.45, 7) is 4.10. The van der Waals surface area contributed by atoms with Gasteiger partial charge in [0.2, 0.25) is 15.9 Å². The van der Waals surface area contributed by atoms with Crippen LogP contribution in [0.5, 0.6) is 0 Å². The second kappa shape index (κ2) is 9.41. The highest BCUT2D eigenvalue weighted by atomic mass is 32.2. The van der Waals surface area contributed by atoms with Crippen LogP contribution in [0.25, 0.3) is 10.2 Å². The molecule has 11 heteroatoms. The molecule has 0 radical (unpaired) electrons. The van der Waals surface area contributed by atoms with Gasteiger partial charge in [0, 0.05) is 16.0 Å². The molecule has 166 valence electrons. The van der Waals surface area contributed by atoms with Crippen molar-refractivity contribution in [2.24, 2.45) is 0 Å². The van der Waals surface area contributed by atoms with Gasteiger partial charge in [-0.25, -0.2) is 23.1 Å². The zero-order valence-corrected chi connectivity index (χ0v) is 19.7. The number of furan rings is 1. The molecule has 0 atom stereocenters. The summed E-state index contributed by atoms with van der Waals surface area (Å²) in [4.78, 5) is 23.3. The first-order chi connectivity index (χ1) is 15.3. The van der Waals surface area contributed by atoms with E-state index in [1.807, 2.05) is 13.8 Å². The minimum atomic E-state index is -3.76. The van der Waals surface area contributed by atoms with Crippen LogP contribution >= 0.6 is 23.1 Å². The van der Waals surface area contributed by atoms with Crippen LogP contribution in [0.2, 0.25) is 0 Å². The van der Waals surface area contributed by atoms with E-state index in [-0.39, 0.29) is 23.1 Å². The Morgan fingerprint density at radius 2 is 2.03 bits per heavy atom. The second-order valence-corrected chi connectivity index (χ2v) is 10.8. The molecule has 32 heavy (non-hydrogen) atoms. The number of carbonyl (C=O) groups excluding carboxylic acids is 1. The van der Waals surface area contributed by atoms with Crippen LogP contribution in [0.3, 0.4) is 0 Å². The van der Waals surface area contributed by atoms with E-state index in [1.165, 1.54) is 41.4 Å². The standard InChI is InChI=1S/C21H20N4O4S3/c1-13-14(2)31-21-19(13)20(22-12-23-21)30-11-18(26)25-15-5-3-7-17(9-15)32(27,28)24-10-16-6-4-8-29-16/h3-9,12,24H,10-11H2,1-2H3,(H,25,26). The molecule has 8 nitrogen and oxygen atoms in total. The highest BCUT2D eigenvalue weighted by Gasteiger charge is 2.17. The zero-order valence-electron chi connectivity index (χ0n) is 17.3. The molecule has 0 aliphatic heterocycles. The summed E-state index contributed by atoms with van der Waals surface area (Å²) < 4.78 is 32.7. The smallest absolute Gasteiger partial charge is 0.241 e. The van der Waals surface area contributed by atoms with Crippen LogP contribution in [-0.4, -0.2) is 30.0 Å². The molecule has 0 saturated heterocycles. The summed E-state index contributed by atoms with van der Waals surface area (Å²) in [5, 5.41) is 4.48. The number of aromatic nitrogens is 2. The first-order valence-corrected chi connectivity index (χ1v) is 12.9. The minimum absolute atomic E-state index is 0.0391. The molecule has 4 aromatic rings. The van der Waals surface area contributed by atoms with Crippen molar-refractivity contribution in [1.82, 2.24) is 14.7 Å². The third-order valence-electron chi connectivity index (χ3n) is 4.72. The lowest BCUT2D eigenvalue weighted by atomic mass is 10.2. The summed E-state index contributed by atoms with van der Waals surface area (Å²) in [6, 6.07) is 9.47. The number of rotatable bonds is 8. The maximum atomic E-state index is 12.6. The van der Waals surface area contributed by atoms with Crippen LogP contribution < -0.4 is 10.0 Å². The summed E-state index contributed by atoms with van der Waals surface area (Å²) in [7, 11) is -3.76. The van der Waals surface area contributed by atoms with E-state index in [0.717, 1.165) is 20.8 Å². The molecular weight excluding hydrogens is 468 g/mol. The van der Waals surface area contributed by atoms with Crippen LogP contribution in [0.4, 0.5) is 5.69 Å². The van der Waals surface area contributed by atoms with Crippen molar-refractivity contribution < 1.29 is 17.6 Å². The van der Waals surface area contributed by atoms with Crippen molar-refractivity contribution in [2.75, 3.05) is 11.1 Å². The molecule has 0 saturated carbocycles. The van der Waals surface area contributed by atoms with Crippen molar-refractivity contribution in [1.29, 1.82) is 0 Å². The number of nitrogens with one attached hydrogen (secondary N) is 2. The van der Waals surface area contributed by atoms with Gasteiger partial charge in [0.1, 0.15) is 21.9 Å². The van der Waals surface area contributed by atoms with Gasteiger partial charge < -0.3 is 9.73 Å². The predicted molar refractivity (Wildman–Crippen MR) is 125 cm³/mol. The molecule has 4 rings (SSSR count). The Kier molecular flexibility index (Phi) is 6.60. The van der Waals surface area contributed by atoms with Gasteiger partial charge in [-0.2, -0.15) is 0 Å². The molecule has 0 aliphatic carbocycles. The molecule has 0 unspecified atom stereocenters. The summed E-state index contributed by atoms with van der Waals surface area (Å²) >= 11 is 2.93. The Labute approximate surface area is 193 Å². The van der Waals surface area contributed by atoms with Crippen molar-refractivity contribution in [2.45, 2.75) is 30.3 Å². The Bertz CT molecular complexity index is 1370. The number of hydrogen-bond donors (Lipinski definition) is 2. The lowest BCUT2D eigenvalue weighted by molar-refractivity contribution is -0.113. The van der Waals surface area contributed by atoms with E-state index in [4.69, 9.17) is 4.42 Å². The van der Waals surface area contributed by atoms with E-state index >= 15 is 0 Å². The zero-order chi connectivity index (χ0) is 22.7. The fraction of sp³-hybridized carbons (Fsp3) is 0.190. The molecule has 0 bridgehead atoms. The molecule has 0 aliphatic rings. The van der Waals surface area contributed by atoms with Gasteiger partial charge in [0.15, 0.2) is 0 Å². The maximum absolute atomic E-state index is 12.6. The molecule has 1 aromatic carbocycles. The average molecular weight is 489 g/mol. The number of thioether (sulfide) groups is 1. The van der Waals surface area contributed by atoms with Crippen molar-refractivity contribution in [3.8, 4) is 0 Å². The van der Waals surface area contributed by atoms with E-state index in [2.05, 4.69) is 20.0 Å². The van der Waals surface area contributed by atoms with Gasteiger partial charge in [0.05, 0.1) is 23.5 Å². The normalized spacial score (nSPS) is 11.7. The summed E-state index contributed by atoms with van der Waals surface area (Å²) in [6.07, 6.45) is 2.98. The largest absolute Gasteiger partial charge is 0.468 e. The molecule has 0 fully saturated rings. The average Bonchev–Trinajstić information content (AvgIpc) is 3.39. The number of carbonyl (C=O) groups is 1. The number of amides is 1. The Morgan fingerprint density at radius 3 is 2.81 bits per heavy atom. The Morgan fingerprint density at radius 1 is 1.19 bits per heavy atom. The van der Waals surface area contributed by atoms with Crippen molar-refractivity contribution in [3.05, 3.63) is 65.2 Å². The molecule has 3 aromatic heterocycles. The number of benzene rings is 1. The van der Waals surface area contributed by atoms with E-state index in [1.54, 1.807) is 35.6 Å². The van der Waals surface area contributed by atoms with Gasteiger partial charge in [-0.05, 0) is 49.7 Å². The van der Waals surface area contributed by atoms with Crippen LogP contribution in [0.15, 0.2) is 63.3 Å².